The molecule has 0 fully saturated rings. The largest absolute Gasteiger partial charge is 0.396 e. The van der Waals surface area contributed by atoms with Gasteiger partial charge in [0.2, 0.25) is 0 Å². The third kappa shape index (κ3) is 7.80. The molecular weight excluding hydrogens is 186 g/mol. The molecule has 0 saturated carbocycles. The molecule has 0 aromatic heterocycles. The Morgan fingerprint density at radius 3 is 2.13 bits per heavy atom. The zero-order valence-corrected chi connectivity index (χ0v) is 10.8. The van der Waals surface area contributed by atoms with Crippen LogP contribution in [0.3, 0.4) is 0 Å². The Balaban J connectivity index is 3.42. The fraction of sp³-hybridized carbons (Fsp3) is 1.00. The minimum absolute atomic E-state index is 0.356. The molecule has 0 heterocycles. The maximum absolute atomic E-state index is 8.88. The van der Waals surface area contributed by atoms with E-state index in [2.05, 4.69) is 25.7 Å². The lowest BCUT2D eigenvalue weighted by Crippen LogP contribution is -2.24. The maximum Gasteiger partial charge on any atom is 0.0433 e. The van der Waals surface area contributed by atoms with Crippen LogP contribution in [-0.2, 0) is 0 Å². The van der Waals surface area contributed by atoms with Gasteiger partial charge in [-0.3, -0.25) is 0 Å². The van der Waals surface area contributed by atoms with Crippen molar-refractivity contribution in [2.75, 3.05) is 26.2 Å². The molecule has 0 unspecified atom stereocenters. The molecule has 15 heavy (non-hydrogen) atoms. The van der Waals surface area contributed by atoms with Crippen molar-refractivity contribution in [3.63, 3.8) is 0 Å². The molecule has 2 nitrogen and oxygen atoms in total. The van der Waals surface area contributed by atoms with Crippen LogP contribution in [-0.4, -0.2) is 36.2 Å². The second kappa shape index (κ2) is 10.4. The summed E-state index contributed by atoms with van der Waals surface area (Å²) in [5.41, 5.74) is 0. The Labute approximate surface area is 95.7 Å². The fourth-order valence-corrected chi connectivity index (χ4v) is 2.04. The first-order valence-corrected chi connectivity index (χ1v) is 6.61. The SMILES string of the molecule is CC[C@H](CCO)CCCCN(CC)CC. The average Bonchev–Trinajstić information content (AvgIpc) is 2.28. The minimum Gasteiger partial charge on any atom is -0.396 e. The first-order valence-electron chi connectivity index (χ1n) is 6.61. The predicted molar refractivity (Wildman–Crippen MR) is 67.1 cm³/mol. The van der Waals surface area contributed by atoms with Crippen LogP contribution in [0, 0.1) is 5.92 Å². The highest BCUT2D eigenvalue weighted by molar-refractivity contribution is 4.59. The summed E-state index contributed by atoms with van der Waals surface area (Å²) < 4.78 is 0. The first kappa shape index (κ1) is 14.9. The van der Waals surface area contributed by atoms with Gasteiger partial charge in [-0.2, -0.15) is 0 Å². The number of aliphatic hydroxyl groups excluding tert-OH is 1. The minimum atomic E-state index is 0.356. The van der Waals surface area contributed by atoms with E-state index in [1.54, 1.807) is 0 Å². The van der Waals surface area contributed by atoms with Crippen LogP contribution in [0.25, 0.3) is 0 Å². The Morgan fingerprint density at radius 2 is 1.67 bits per heavy atom. The van der Waals surface area contributed by atoms with Crippen LogP contribution < -0.4 is 0 Å². The Morgan fingerprint density at radius 1 is 1.00 bits per heavy atom. The smallest absolute Gasteiger partial charge is 0.0433 e. The zero-order chi connectivity index (χ0) is 11.5. The normalized spacial score (nSPS) is 13.4. The summed E-state index contributed by atoms with van der Waals surface area (Å²) in [7, 11) is 0. The van der Waals surface area contributed by atoms with E-state index in [-0.39, 0.29) is 0 Å². The first-order chi connectivity index (χ1) is 7.28. The molecule has 0 radical (unpaired) electrons. The van der Waals surface area contributed by atoms with Gasteiger partial charge in [0.25, 0.3) is 0 Å². The molecule has 1 atom stereocenters. The van der Waals surface area contributed by atoms with Crippen molar-refractivity contribution in [1.29, 1.82) is 0 Å². The molecule has 0 amide bonds. The lowest BCUT2D eigenvalue weighted by Gasteiger charge is -2.18. The van der Waals surface area contributed by atoms with Crippen LogP contribution in [0.1, 0.15) is 52.9 Å². The molecule has 0 bridgehead atoms. The van der Waals surface area contributed by atoms with Gasteiger partial charge in [0.05, 0.1) is 0 Å². The summed E-state index contributed by atoms with van der Waals surface area (Å²) in [5, 5.41) is 8.88. The van der Waals surface area contributed by atoms with E-state index >= 15 is 0 Å². The third-order valence-electron chi connectivity index (χ3n) is 3.35. The van der Waals surface area contributed by atoms with Crippen molar-refractivity contribution < 1.29 is 5.11 Å². The van der Waals surface area contributed by atoms with E-state index < -0.39 is 0 Å². The maximum atomic E-state index is 8.88. The van der Waals surface area contributed by atoms with Crippen LogP contribution in [0.5, 0.6) is 0 Å². The molecule has 0 saturated heterocycles. The topological polar surface area (TPSA) is 23.5 Å². The monoisotopic (exact) mass is 215 g/mol. The Kier molecular flexibility index (Phi) is 10.4. The standard InChI is InChI=1S/C13H29NO/c1-4-13(10-12-15)9-7-8-11-14(5-2)6-3/h13,15H,4-12H2,1-3H3/t13-/m0/s1. The van der Waals surface area contributed by atoms with Crippen molar-refractivity contribution in [2.45, 2.75) is 52.9 Å². The molecule has 1 N–H and O–H groups in total. The van der Waals surface area contributed by atoms with Gasteiger partial charge in [0.1, 0.15) is 0 Å². The van der Waals surface area contributed by atoms with Gasteiger partial charge in [-0.15, -0.1) is 0 Å². The van der Waals surface area contributed by atoms with E-state index in [4.69, 9.17) is 5.11 Å². The molecule has 92 valence electrons. The predicted octanol–water partition coefficient (Wildman–Crippen LogP) is 2.91. The van der Waals surface area contributed by atoms with Crippen LogP contribution in [0.15, 0.2) is 0 Å². The highest BCUT2D eigenvalue weighted by Gasteiger charge is 2.05. The molecule has 0 aliphatic rings. The van der Waals surface area contributed by atoms with Gasteiger partial charge < -0.3 is 10.0 Å². The van der Waals surface area contributed by atoms with Crippen molar-refractivity contribution in [3.05, 3.63) is 0 Å². The van der Waals surface area contributed by atoms with Crippen LogP contribution in [0.4, 0.5) is 0 Å². The zero-order valence-electron chi connectivity index (χ0n) is 10.8. The van der Waals surface area contributed by atoms with Crippen molar-refractivity contribution in [3.8, 4) is 0 Å². The van der Waals surface area contributed by atoms with Gasteiger partial charge in [-0.25, -0.2) is 0 Å². The number of rotatable bonds is 10. The summed E-state index contributed by atoms with van der Waals surface area (Å²) in [6, 6.07) is 0. The highest BCUT2D eigenvalue weighted by Crippen LogP contribution is 2.16. The second-order valence-electron chi connectivity index (χ2n) is 4.31. The van der Waals surface area contributed by atoms with Crippen LogP contribution >= 0.6 is 0 Å². The summed E-state index contributed by atoms with van der Waals surface area (Å²) in [6.45, 7) is 10.6. The molecule has 0 aliphatic heterocycles. The summed E-state index contributed by atoms with van der Waals surface area (Å²) in [6.07, 6.45) is 6.12. The van der Waals surface area contributed by atoms with Crippen molar-refractivity contribution >= 4 is 0 Å². The van der Waals surface area contributed by atoms with Crippen molar-refractivity contribution in [1.82, 2.24) is 4.90 Å². The average molecular weight is 215 g/mol. The molecule has 0 aromatic carbocycles. The highest BCUT2D eigenvalue weighted by atomic mass is 16.3. The second-order valence-corrected chi connectivity index (χ2v) is 4.31. The molecular formula is C13H29NO. The molecule has 2 heteroatoms. The van der Waals surface area contributed by atoms with Crippen LogP contribution in [0.2, 0.25) is 0 Å². The van der Waals surface area contributed by atoms with Crippen molar-refractivity contribution in [2.24, 2.45) is 5.92 Å². The number of hydrogen-bond acceptors (Lipinski definition) is 2. The number of nitrogens with zero attached hydrogens (tertiary/aromatic N) is 1. The molecule has 0 rings (SSSR count). The number of hydrogen-bond donors (Lipinski definition) is 1. The Hall–Kier alpha value is -0.0800. The lowest BCUT2D eigenvalue weighted by molar-refractivity contribution is 0.242. The summed E-state index contributed by atoms with van der Waals surface area (Å²) in [5.74, 6) is 0.742. The van der Waals surface area contributed by atoms with E-state index in [0.29, 0.717) is 6.61 Å². The quantitative estimate of drug-likeness (QED) is 0.566. The molecule has 0 aromatic rings. The Bertz CT molecular complexity index is 124. The van der Waals surface area contributed by atoms with Gasteiger partial charge in [-0.1, -0.05) is 40.0 Å². The molecule has 0 aliphatic carbocycles. The number of unbranched alkanes of at least 4 members (excludes halogenated alkanes) is 1. The van der Waals surface area contributed by atoms with E-state index in [9.17, 15) is 0 Å². The van der Waals surface area contributed by atoms with E-state index in [0.717, 1.165) is 12.3 Å². The fourth-order valence-electron chi connectivity index (χ4n) is 2.04. The summed E-state index contributed by atoms with van der Waals surface area (Å²) >= 11 is 0. The number of aliphatic hydroxyl groups is 1. The van der Waals surface area contributed by atoms with Gasteiger partial charge in [0, 0.05) is 6.61 Å². The van der Waals surface area contributed by atoms with E-state index in [1.165, 1.54) is 45.3 Å². The lowest BCUT2D eigenvalue weighted by atomic mass is 9.96. The third-order valence-corrected chi connectivity index (χ3v) is 3.35. The molecule has 0 spiro atoms. The summed E-state index contributed by atoms with van der Waals surface area (Å²) in [4.78, 5) is 2.48. The van der Waals surface area contributed by atoms with Gasteiger partial charge in [0.15, 0.2) is 0 Å². The van der Waals surface area contributed by atoms with E-state index in [1.807, 2.05) is 0 Å². The van der Waals surface area contributed by atoms with Gasteiger partial charge in [-0.05, 0) is 38.4 Å². The van der Waals surface area contributed by atoms with Gasteiger partial charge >= 0.3 is 0 Å².